The van der Waals surface area contributed by atoms with Crippen LogP contribution in [0.3, 0.4) is 0 Å². The second-order valence-corrected chi connectivity index (χ2v) is 4.53. The maximum atomic E-state index is 6.22. The molecule has 0 radical (unpaired) electrons. The molecule has 1 saturated carbocycles. The molecule has 1 aliphatic rings. The summed E-state index contributed by atoms with van der Waals surface area (Å²) in [7, 11) is 0. The second-order valence-electron chi connectivity index (χ2n) is 3.97. The number of aryl methyl sites for hydroxylation is 1. The Balaban J connectivity index is 1.87. The number of aromatic nitrogens is 1. The molecule has 1 atom stereocenters. The van der Waals surface area contributed by atoms with Gasteiger partial charge in [-0.1, -0.05) is 0 Å². The molecule has 1 fully saturated rings. The summed E-state index contributed by atoms with van der Waals surface area (Å²) in [6, 6.07) is 1.84. The number of nitrogen functional groups attached to an aromatic ring is 1. The maximum Gasteiger partial charge on any atom is 0.0377 e. The van der Waals surface area contributed by atoms with Crippen molar-refractivity contribution >= 4 is 17.3 Å². The van der Waals surface area contributed by atoms with E-state index in [4.69, 9.17) is 17.3 Å². The fourth-order valence-corrected chi connectivity index (χ4v) is 1.99. The largest absolute Gasteiger partial charge is 0.398 e. The zero-order valence-corrected chi connectivity index (χ0v) is 8.87. The molecular weight excluding hydrogens is 196 g/mol. The lowest BCUT2D eigenvalue weighted by Gasteiger charge is -2.08. The van der Waals surface area contributed by atoms with Gasteiger partial charge in [0.2, 0.25) is 0 Å². The summed E-state index contributed by atoms with van der Waals surface area (Å²) < 4.78 is 0. The Morgan fingerprint density at radius 2 is 2.36 bits per heavy atom. The molecule has 1 aliphatic carbocycles. The van der Waals surface area contributed by atoms with Gasteiger partial charge in [0.05, 0.1) is 0 Å². The fourth-order valence-electron chi connectivity index (χ4n) is 1.63. The van der Waals surface area contributed by atoms with Gasteiger partial charge in [-0.3, -0.25) is 4.98 Å². The highest BCUT2D eigenvalue weighted by atomic mass is 35.5. The quantitative estimate of drug-likeness (QED) is 0.776. The van der Waals surface area contributed by atoms with Crippen molar-refractivity contribution in [1.82, 2.24) is 4.98 Å². The molecule has 0 aromatic carbocycles. The molecule has 1 aromatic rings. The van der Waals surface area contributed by atoms with Gasteiger partial charge in [0, 0.05) is 23.5 Å². The third-order valence-electron chi connectivity index (χ3n) is 2.76. The summed E-state index contributed by atoms with van der Waals surface area (Å²) in [6.45, 7) is 0. The van der Waals surface area contributed by atoms with Gasteiger partial charge in [0.15, 0.2) is 0 Å². The zero-order chi connectivity index (χ0) is 9.97. The third-order valence-corrected chi connectivity index (χ3v) is 3.34. The first kappa shape index (κ1) is 9.78. The van der Waals surface area contributed by atoms with Crippen molar-refractivity contribution in [1.29, 1.82) is 0 Å². The molecule has 0 aliphatic heterocycles. The Kier molecular flexibility index (Phi) is 2.92. The van der Waals surface area contributed by atoms with Crippen molar-refractivity contribution in [3.05, 3.63) is 24.0 Å². The van der Waals surface area contributed by atoms with E-state index in [2.05, 4.69) is 4.98 Å². The average molecular weight is 211 g/mol. The van der Waals surface area contributed by atoms with Crippen LogP contribution in [0.25, 0.3) is 0 Å². The number of anilines is 1. The molecule has 1 aromatic heterocycles. The van der Waals surface area contributed by atoms with E-state index in [9.17, 15) is 0 Å². The predicted octanol–water partition coefficient (Wildman–Crippen LogP) is 2.61. The molecule has 2 N–H and O–H groups in total. The molecule has 1 heterocycles. The molecule has 2 nitrogen and oxygen atoms in total. The number of pyridine rings is 1. The number of halogens is 1. The van der Waals surface area contributed by atoms with Gasteiger partial charge >= 0.3 is 0 Å². The first-order valence-electron chi connectivity index (χ1n) is 5.10. The number of alkyl halides is 1. The smallest absolute Gasteiger partial charge is 0.0377 e. The second kappa shape index (κ2) is 4.18. The minimum Gasteiger partial charge on any atom is -0.398 e. The van der Waals surface area contributed by atoms with Gasteiger partial charge in [-0.25, -0.2) is 0 Å². The molecule has 3 heteroatoms. The van der Waals surface area contributed by atoms with Crippen LogP contribution < -0.4 is 5.73 Å². The SMILES string of the molecule is Nc1ccncc1CCC(Cl)C1CC1. The fraction of sp³-hybridized carbons (Fsp3) is 0.545. The van der Waals surface area contributed by atoms with Gasteiger partial charge in [-0.05, 0) is 43.2 Å². The van der Waals surface area contributed by atoms with Crippen molar-refractivity contribution in [2.75, 3.05) is 5.73 Å². The number of hydrogen-bond donors (Lipinski definition) is 1. The summed E-state index contributed by atoms with van der Waals surface area (Å²) in [5, 5.41) is 0.328. The van der Waals surface area contributed by atoms with Crippen LogP contribution >= 0.6 is 11.6 Å². The van der Waals surface area contributed by atoms with Crippen LogP contribution in [0, 0.1) is 5.92 Å². The first-order chi connectivity index (χ1) is 6.77. The highest BCUT2D eigenvalue weighted by Crippen LogP contribution is 2.37. The predicted molar refractivity (Wildman–Crippen MR) is 59.3 cm³/mol. The van der Waals surface area contributed by atoms with E-state index in [1.54, 1.807) is 6.20 Å². The molecular formula is C11H15ClN2. The first-order valence-corrected chi connectivity index (χ1v) is 5.53. The maximum absolute atomic E-state index is 6.22. The summed E-state index contributed by atoms with van der Waals surface area (Å²) >= 11 is 6.22. The van der Waals surface area contributed by atoms with Crippen molar-refractivity contribution in [3.8, 4) is 0 Å². The monoisotopic (exact) mass is 210 g/mol. The lowest BCUT2D eigenvalue weighted by Crippen LogP contribution is -2.04. The topological polar surface area (TPSA) is 38.9 Å². The van der Waals surface area contributed by atoms with E-state index in [0.29, 0.717) is 5.38 Å². The van der Waals surface area contributed by atoms with Gasteiger partial charge < -0.3 is 5.73 Å². The summed E-state index contributed by atoms with van der Waals surface area (Å²) in [5.74, 6) is 0.759. The van der Waals surface area contributed by atoms with Crippen LogP contribution in [0.5, 0.6) is 0 Å². The van der Waals surface area contributed by atoms with E-state index in [0.717, 1.165) is 30.0 Å². The lowest BCUT2D eigenvalue weighted by atomic mass is 10.1. The molecule has 0 bridgehead atoms. The Labute approximate surface area is 89.5 Å². The normalized spacial score (nSPS) is 18.1. The molecule has 76 valence electrons. The van der Waals surface area contributed by atoms with E-state index >= 15 is 0 Å². The Hall–Kier alpha value is -0.760. The van der Waals surface area contributed by atoms with Gasteiger partial charge in [-0.15, -0.1) is 11.6 Å². The van der Waals surface area contributed by atoms with Crippen LogP contribution in [0.4, 0.5) is 5.69 Å². The summed E-state index contributed by atoms with van der Waals surface area (Å²) in [5.41, 5.74) is 7.77. The third kappa shape index (κ3) is 2.38. The minimum atomic E-state index is 0.328. The summed E-state index contributed by atoms with van der Waals surface area (Å²) in [4.78, 5) is 4.06. The highest BCUT2D eigenvalue weighted by Gasteiger charge is 2.29. The number of nitrogens with zero attached hydrogens (tertiary/aromatic N) is 1. The number of hydrogen-bond acceptors (Lipinski definition) is 2. The molecule has 1 unspecified atom stereocenters. The molecule has 14 heavy (non-hydrogen) atoms. The van der Waals surface area contributed by atoms with Crippen molar-refractivity contribution in [2.24, 2.45) is 5.92 Å². The van der Waals surface area contributed by atoms with Gasteiger partial charge in [0.1, 0.15) is 0 Å². The Morgan fingerprint density at radius 3 is 3.00 bits per heavy atom. The molecule has 0 saturated heterocycles. The number of nitrogens with two attached hydrogens (primary N) is 1. The summed E-state index contributed by atoms with van der Waals surface area (Å²) in [6.07, 6.45) is 8.13. The van der Waals surface area contributed by atoms with Gasteiger partial charge in [-0.2, -0.15) is 0 Å². The molecule has 0 spiro atoms. The van der Waals surface area contributed by atoms with Crippen LogP contribution in [-0.4, -0.2) is 10.4 Å². The highest BCUT2D eigenvalue weighted by molar-refractivity contribution is 6.20. The number of rotatable bonds is 4. The standard InChI is InChI=1S/C11H15ClN2/c12-10(8-1-2-8)4-3-9-7-14-6-5-11(9)13/h5-8,10H,1-4H2,(H2,13,14). The lowest BCUT2D eigenvalue weighted by molar-refractivity contribution is 0.676. The van der Waals surface area contributed by atoms with Crippen molar-refractivity contribution < 1.29 is 0 Å². The van der Waals surface area contributed by atoms with E-state index in [-0.39, 0.29) is 0 Å². The van der Waals surface area contributed by atoms with Crippen molar-refractivity contribution in [3.63, 3.8) is 0 Å². The van der Waals surface area contributed by atoms with Crippen LogP contribution in [-0.2, 0) is 6.42 Å². The Bertz CT molecular complexity index is 310. The average Bonchev–Trinajstić information content (AvgIpc) is 2.99. The van der Waals surface area contributed by atoms with Crippen molar-refractivity contribution in [2.45, 2.75) is 31.1 Å². The van der Waals surface area contributed by atoms with Crippen LogP contribution in [0.2, 0.25) is 0 Å². The Morgan fingerprint density at radius 1 is 1.57 bits per heavy atom. The molecule has 0 amide bonds. The van der Waals surface area contributed by atoms with E-state index in [1.165, 1.54) is 12.8 Å². The van der Waals surface area contributed by atoms with E-state index < -0.39 is 0 Å². The zero-order valence-electron chi connectivity index (χ0n) is 8.12. The van der Waals surface area contributed by atoms with Crippen LogP contribution in [0.15, 0.2) is 18.5 Å². The van der Waals surface area contributed by atoms with Crippen LogP contribution in [0.1, 0.15) is 24.8 Å². The van der Waals surface area contributed by atoms with Gasteiger partial charge in [0.25, 0.3) is 0 Å². The molecule has 2 rings (SSSR count). The van der Waals surface area contributed by atoms with E-state index in [1.807, 2.05) is 12.3 Å². The minimum absolute atomic E-state index is 0.328.